The van der Waals surface area contributed by atoms with E-state index in [9.17, 15) is 4.79 Å². The molecule has 2 heterocycles. The van der Waals surface area contributed by atoms with Crippen LogP contribution in [-0.2, 0) is 13.2 Å². The molecule has 1 aliphatic carbocycles. The Morgan fingerprint density at radius 2 is 2.12 bits per heavy atom. The monoisotopic (exact) mass is 356 g/mol. The Bertz CT molecular complexity index is 796. The molecule has 1 fully saturated rings. The van der Waals surface area contributed by atoms with E-state index in [1.54, 1.807) is 10.7 Å². The smallest absolute Gasteiger partial charge is 0.189 e. The number of aromatic nitrogens is 4. The second-order valence-corrected chi connectivity index (χ2v) is 7.21. The number of carbonyl (C=O) groups excluding carboxylic acids is 1. The van der Waals surface area contributed by atoms with Crippen LogP contribution in [0.3, 0.4) is 0 Å². The van der Waals surface area contributed by atoms with Gasteiger partial charge in [0.15, 0.2) is 11.6 Å². The van der Waals surface area contributed by atoms with Gasteiger partial charge in [0.25, 0.3) is 0 Å². The summed E-state index contributed by atoms with van der Waals surface area (Å²) < 4.78 is 13.9. The van der Waals surface area contributed by atoms with Gasteiger partial charge in [-0.05, 0) is 54.7 Å². The third-order valence-electron chi connectivity index (χ3n) is 5.24. The number of benzene rings is 1. The summed E-state index contributed by atoms with van der Waals surface area (Å²) in [6, 6.07) is 5.45. The lowest BCUT2D eigenvalue weighted by Gasteiger charge is -2.40. The van der Waals surface area contributed by atoms with Crippen molar-refractivity contribution < 1.29 is 14.3 Å². The fourth-order valence-electron chi connectivity index (χ4n) is 3.90. The molecule has 0 radical (unpaired) electrons. The van der Waals surface area contributed by atoms with E-state index in [-0.39, 0.29) is 18.0 Å². The predicted octanol–water partition coefficient (Wildman–Crippen LogP) is 3.33. The molecule has 0 saturated heterocycles. The van der Waals surface area contributed by atoms with Gasteiger partial charge >= 0.3 is 0 Å². The summed E-state index contributed by atoms with van der Waals surface area (Å²) in [5.41, 5.74) is 0.344. The summed E-state index contributed by atoms with van der Waals surface area (Å²) in [7, 11) is 0. The van der Waals surface area contributed by atoms with Crippen LogP contribution >= 0.6 is 0 Å². The summed E-state index contributed by atoms with van der Waals surface area (Å²) in [4.78, 5) is 12.6. The first kappa shape index (κ1) is 17.0. The molecule has 26 heavy (non-hydrogen) atoms. The van der Waals surface area contributed by atoms with Crippen molar-refractivity contribution in [2.24, 2.45) is 0 Å². The van der Waals surface area contributed by atoms with Crippen LogP contribution in [0, 0.1) is 0 Å². The number of ketones is 1. The van der Waals surface area contributed by atoms with Gasteiger partial charge in [-0.25, -0.2) is 4.68 Å². The highest BCUT2D eigenvalue weighted by Crippen LogP contribution is 2.42. The lowest BCUT2D eigenvalue weighted by Crippen LogP contribution is -2.43. The van der Waals surface area contributed by atoms with Gasteiger partial charge in [-0.2, -0.15) is 0 Å². The summed E-state index contributed by atoms with van der Waals surface area (Å²) in [6.07, 6.45) is 6.82. The van der Waals surface area contributed by atoms with Crippen molar-refractivity contribution in [3.05, 3.63) is 29.6 Å². The third-order valence-corrected chi connectivity index (χ3v) is 5.24. The number of aryl methyl sites for hydroxylation is 1. The quantitative estimate of drug-likeness (QED) is 0.817. The van der Waals surface area contributed by atoms with E-state index in [4.69, 9.17) is 9.47 Å². The second-order valence-electron chi connectivity index (χ2n) is 7.21. The minimum absolute atomic E-state index is 0.173. The summed E-state index contributed by atoms with van der Waals surface area (Å²) in [5.74, 6) is 2.17. The average Bonchev–Trinajstić information content (AvgIpc) is 3.08. The van der Waals surface area contributed by atoms with Crippen molar-refractivity contribution in [3.8, 4) is 11.5 Å². The van der Waals surface area contributed by atoms with Crippen molar-refractivity contribution in [2.45, 2.75) is 70.6 Å². The van der Waals surface area contributed by atoms with Crippen LogP contribution in [0.4, 0.5) is 0 Å². The number of ether oxygens (including phenoxy) is 2. The van der Waals surface area contributed by atoms with E-state index in [2.05, 4.69) is 22.4 Å². The number of tetrazole rings is 1. The van der Waals surface area contributed by atoms with Crippen LogP contribution in [0.25, 0.3) is 0 Å². The molecule has 1 aliphatic heterocycles. The first-order valence-corrected chi connectivity index (χ1v) is 9.43. The molecule has 7 heteroatoms. The molecule has 1 spiro atoms. The molecule has 0 N–H and O–H groups in total. The highest BCUT2D eigenvalue weighted by Gasteiger charge is 2.41. The number of rotatable bonds is 5. The maximum absolute atomic E-state index is 12.6. The van der Waals surface area contributed by atoms with Crippen LogP contribution in [0.2, 0.25) is 0 Å². The number of nitrogens with zero attached hydrogens (tertiary/aromatic N) is 4. The molecule has 4 rings (SSSR count). The van der Waals surface area contributed by atoms with Gasteiger partial charge in [-0.1, -0.05) is 13.3 Å². The van der Waals surface area contributed by atoms with Gasteiger partial charge in [0, 0.05) is 12.6 Å². The molecular weight excluding hydrogens is 332 g/mol. The molecule has 0 bridgehead atoms. The van der Waals surface area contributed by atoms with Crippen LogP contribution < -0.4 is 9.47 Å². The Kier molecular flexibility index (Phi) is 4.61. The SMILES string of the molecule is CCCn1nnnc1COc1ccc2c(c1)OC1(CCCCC1)CC2=O. The average molecular weight is 356 g/mol. The van der Waals surface area contributed by atoms with Crippen molar-refractivity contribution in [2.75, 3.05) is 0 Å². The molecule has 0 amide bonds. The van der Waals surface area contributed by atoms with E-state index in [1.165, 1.54) is 6.42 Å². The van der Waals surface area contributed by atoms with Crippen LogP contribution in [0.15, 0.2) is 18.2 Å². The van der Waals surface area contributed by atoms with Gasteiger partial charge in [0.2, 0.25) is 0 Å². The van der Waals surface area contributed by atoms with E-state index in [0.717, 1.165) is 38.6 Å². The highest BCUT2D eigenvalue weighted by molar-refractivity contribution is 6.00. The molecule has 2 aromatic rings. The van der Waals surface area contributed by atoms with Gasteiger partial charge in [0.05, 0.1) is 12.0 Å². The topological polar surface area (TPSA) is 79.1 Å². The summed E-state index contributed by atoms with van der Waals surface area (Å²) in [6.45, 7) is 3.12. The molecule has 2 aliphatic rings. The third kappa shape index (κ3) is 3.30. The maximum atomic E-state index is 12.6. The fraction of sp³-hybridized carbons (Fsp3) is 0.579. The Balaban J connectivity index is 1.50. The fourth-order valence-corrected chi connectivity index (χ4v) is 3.90. The predicted molar refractivity (Wildman–Crippen MR) is 94.3 cm³/mol. The van der Waals surface area contributed by atoms with Gasteiger partial charge in [0.1, 0.15) is 23.7 Å². The molecule has 0 atom stereocenters. The zero-order chi connectivity index (χ0) is 18.0. The molecule has 0 unspecified atom stereocenters. The maximum Gasteiger partial charge on any atom is 0.189 e. The van der Waals surface area contributed by atoms with Gasteiger partial charge in [-0.3, -0.25) is 4.79 Å². The Hall–Kier alpha value is -2.44. The normalized spacial score (nSPS) is 18.4. The second kappa shape index (κ2) is 7.05. The van der Waals surface area contributed by atoms with Crippen molar-refractivity contribution in [3.63, 3.8) is 0 Å². The highest BCUT2D eigenvalue weighted by atomic mass is 16.5. The van der Waals surface area contributed by atoms with Crippen molar-refractivity contribution in [1.82, 2.24) is 20.2 Å². The Morgan fingerprint density at radius 3 is 2.92 bits per heavy atom. The lowest BCUT2D eigenvalue weighted by atomic mass is 9.78. The molecule has 1 saturated carbocycles. The van der Waals surface area contributed by atoms with Gasteiger partial charge < -0.3 is 9.47 Å². The minimum atomic E-state index is -0.313. The molecular formula is C19H24N4O3. The van der Waals surface area contributed by atoms with E-state index in [0.29, 0.717) is 29.3 Å². The number of fused-ring (bicyclic) bond motifs is 1. The Labute approximate surface area is 152 Å². The molecule has 138 valence electrons. The van der Waals surface area contributed by atoms with Crippen molar-refractivity contribution in [1.29, 1.82) is 0 Å². The first-order valence-electron chi connectivity index (χ1n) is 9.43. The van der Waals surface area contributed by atoms with E-state index >= 15 is 0 Å². The number of carbonyl (C=O) groups is 1. The van der Waals surface area contributed by atoms with Crippen LogP contribution in [0.1, 0.15) is 68.1 Å². The first-order chi connectivity index (χ1) is 12.7. The number of hydrogen-bond donors (Lipinski definition) is 0. The summed E-state index contributed by atoms with van der Waals surface area (Å²) in [5, 5.41) is 11.7. The van der Waals surface area contributed by atoms with Gasteiger partial charge in [-0.15, -0.1) is 5.10 Å². The van der Waals surface area contributed by atoms with E-state index in [1.807, 2.05) is 12.1 Å². The van der Waals surface area contributed by atoms with Crippen LogP contribution in [-0.4, -0.2) is 31.6 Å². The minimum Gasteiger partial charge on any atom is -0.486 e. The zero-order valence-electron chi connectivity index (χ0n) is 15.1. The zero-order valence-corrected chi connectivity index (χ0v) is 15.1. The van der Waals surface area contributed by atoms with Crippen molar-refractivity contribution >= 4 is 5.78 Å². The number of hydrogen-bond acceptors (Lipinski definition) is 6. The largest absolute Gasteiger partial charge is 0.486 e. The summed E-state index contributed by atoms with van der Waals surface area (Å²) >= 11 is 0. The Morgan fingerprint density at radius 1 is 1.27 bits per heavy atom. The standard InChI is InChI=1S/C19H24N4O3/c1-2-10-23-18(20-21-22-23)13-25-14-6-7-15-16(24)12-19(26-17(15)11-14)8-4-3-5-9-19/h6-7,11H,2-5,8-10,12-13H2,1H3. The molecule has 1 aromatic heterocycles. The molecule has 7 nitrogen and oxygen atoms in total. The van der Waals surface area contributed by atoms with E-state index < -0.39 is 0 Å². The molecule has 1 aromatic carbocycles. The van der Waals surface area contributed by atoms with Crippen LogP contribution in [0.5, 0.6) is 11.5 Å². The lowest BCUT2D eigenvalue weighted by molar-refractivity contribution is 0.0134. The number of Topliss-reactive ketones (excluding diaryl/α,β-unsaturated/α-hetero) is 1.